The molecule has 0 saturated carbocycles. The van der Waals surface area contributed by atoms with Crippen LogP contribution in [-0.4, -0.2) is 85.5 Å². The minimum atomic E-state index is -1.45. The summed E-state index contributed by atoms with van der Waals surface area (Å²) in [5.74, 6) is -4.78. The molecule has 2 atom stereocenters. The zero-order valence-electron chi connectivity index (χ0n) is 26.6. The molecule has 0 aliphatic heterocycles. The second-order valence-corrected chi connectivity index (χ2v) is 11.8. The van der Waals surface area contributed by atoms with Crippen molar-refractivity contribution in [1.29, 1.82) is 0 Å². The fraction of sp³-hybridized carbons (Fsp3) is 0.406. The first-order valence-electron chi connectivity index (χ1n) is 14.9. The summed E-state index contributed by atoms with van der Waals surface area (Å²) in [7, 11) is 0. The number of hydrogen-bond acceptors (Lipinski definition) is 9. The highest BCUT2D eigenvalue weighted by atomic mass is 16.6. The van der Waals surface area contributed by atoms with Crippen LogP contribution in [0, 0.1) is 0 Å². The molecule has 0 spiro atoms. The second kappa shape index (κ2) is 16.2. The summed E-state index contributed by atoms with van der Waals surface area (Å²) >= 11 is 0. The standard InChI is InChI=1S/C32H40N6O9/c1-18(29(43)35-14-25(33)39)37-27(41)16-34-26(40)15-36-30(44)24(13-28(42)47-32(2,3)4)38-31(45)46-17-23-21-11-7-5-9-19(21)20-10-6-8-12-22(20)23/h5-12,18,23-24H,13-17H2,1-4H3,(H2,33,39)(H,34,40)(H,35,43)(H,36,44)(H,37,41)(H,38,45)/t18-,24?/m0/s1. The van der Waals surface area contributed by atoms with Gasteiger partial charge in [-0.3, -0.25) is 28.8 Å². The van der Waals surface area contributed by atoms with E-state index < -0.39 is 85.3 Å². The van der Waals surface area contributed by atoms with Crippen molar-refractivity contribution in [3.05, 3.63) is 59.7 Å². The van der Waals surface area contributed by atoms with Crippen LogP contribution in [0.5, 0.6) is 0 Å². The number of primary amides is 1. The summed E-state index contributed by atoms with van der Waals surface area (Å²) in [5, 5.41) is 11.5. The number of carbonyl (C=O) groups excluding carboxylic acids is 7. The molecule has 0 fully saturated rings. The van der Waals surface area contributed by atoms with Gasteiger partial charge in [0.15, 0.2) is 0 Å². The van der Waals surface area contributed by atoms with Gasteiger partial charge in [-0.05, 0) is 49.9 Å². The van der Waals surface area contributed by atoms with Gasteiger partial charge in [-0.25, -0.2) is 4.79 Å². The molecule has 7 N–H and O–H groups in total. The molecule has 0 saturated heterocycles. The van der Waals surface area contributed by atoms with Gasteiger partial charge in [-0.15, -0.1) is 0 Å². The Hall–Kier alpha value is -5.47. The highest BCUT2D eigenvalue weighted by Crippen LogP contribution is 2.44. The first-order chi connectivity index (χ1) is 22.1. The molecule has 0 bridgehead atoms. The van der Waals surface area contributed by atoms with Gasteiger partial charge >= 0.3 is 12.1 Å². The van der Waals surface area contributed by atoms with Gasteiger partial charge in [0, 0.05) is 5.92 Å². The van der Waals surface area contributed by atoms with Crippen molar-refractivity contribution in [1.82, 2.24) is 26.6 Å². The van der Waals surface area contributed by atoms with Crippen molar-refractivity contribution in [3.63, 3.8) is 0 Å². The van der Waals surface area contributed by atoms with E-state index >= 15 is 0 Å². The van der Waals surface area contributed by atoms with E-state index in [0.717, 1.165) is 22.3 Å². The van der Waals surface area contributed by atoms with E-state index in [0.29, 0.717) is 0 Å². The summed E-state index contributed by atoms with van der Waals surface area (Å²) in [5.41, 5.74) is 8.16. The number of nitrogens with two attached hydrogens (primary N) is 1. The van der Waals surface area contributed by atoms with Gasteiger partial charge < -0.3 is 41.8 Å². The zero-order chi connectivity index (χ0) is 34.7. The number of rotatable bonds is 14. The van der Waals surface area contributed by atoms with Crippen molar-refractivity contribution in [2.24, 2.45) is 5.73 Å². The number of esters is 1. The van der Waals surface area contributed by atoms with E-state index in [1.165, 1.54) is 6.92 Å². The van der Waals surface area contributed by atoms with Gasteiger partial charge in [-0.2, -0.15) is 0 Å². The molecule has 47 heavy (non-hydrogen) atoms. The number of hydrogen-bond donors (Lipinski definition) is 6. The Morgan fingerprint density at radius 2 is 1.32 bits per heavy atom. The number of alkyl carbamates (subject to hydrolysis) is 1. The lowest BCUT2D eigenvalue weighted by atomic mass is 9.98. The Morgan fingerprint density at radius 3 is 1.89 bits per heavy atom. The fourth-order valence-electron chi connectivity index (χ4n) is 4.76. The number of benzene rings is 2. The number of carbonyl (C=O) groups is 7. The summed E-state index contributed by atoms with van der Waals surface area (Å²) in [6.07, 6.45) is -1.50. The molecule has 252 valence electrons. The minimum absolute atomic E-state index is 0.0312. The Bertz CT molecular complexity index is 1470. The normalized spacial score (nSPS) is 13.1. The lowest BCUT2D eigenvalue weighted by Crippen LogP contribution is -2.52. The molecule has 0 radical (unpaired) electrons. The monoisotopic (exact) mass is 652 g/mol. The van der Waals surface area contributed by atoms with E-state index in [9.17, 15) is 33.6 Å². The maximum absolute atomic E-state index is 13.0. The third kappa shape index (κ3) is 11.1. The molecule has 2 aromatic carbocycles. The average Bonchev–Trinajstić information content (AvgIpc) is 3.32. The van der Waals surface area contributed by atoms with Crippen LogP contribution in [-0.2, 0) is 38.2 Å². The summed E-state index contributed by atoms with van der Waals surface area (Å²) in [4.78, 5) is 85.5. The van der Waals surface area contributed by atoms with Gasteiger partial charge in [0.2, 0.25) is 29.5 Å². The van der Waals surface area contributed by atoms with E-state index in [2.05, 4.69) is 26.6 Å². The Morgan fingerprint density at radius 1 is 0.766 bits per heavy atom. The number of ether oxygens (including phenoxy) is 2. The van der Waals surface area contributed by atoms with Crippen molar-refractivity contribution in [2.75, 3.05) is 26.2 Å². The predicted molar refractivity (Wildman–Crippen MR) is 168 cm³/mol. The number of nitrogens with one attached hydrogen (secondary N) is 5. The number of amides is 6. The molecular weight excluding hydrogens is 612 g/mol. The van der Waals surface area contributed by atoms with Crippen LogP contribution in [0.15, 0.2) is 48.5 Å². The Kier molecular flexibility index (Phi) is 12.4. The van der Waals surface area contributed by atoms with Crippen LogP contribution in [0.25, 0.3) is 11.1 Å². The minimum Gasteiger partial charge on any atom is -0.460 e. The maximum Gasteiger partial charge on any atom is 0.407 e. The fourth-order valence-corrected chi connectivity index (χ4v) is 4.76. The highest BCUT2D eigenvalue weighted by Gasteiger charge is 2.31. The largest absolute Gasteiger partial charge is 0.460 e. The van der Waals surface area contributed by atoms with Crippen LogP contribution >= 0.6 is 0 Å². The Labute approximate surface area is 271 Å². The van der Waals surface area contributed by atoms with Crippen LogP contribution in [0.2, 0.25) is 0 Å². The molecule has 1 unspecified atom stereocenters. The first-order valence-corrected chi connectivity index (χ1v) is 14.9. The maximum atomic E-state index is 13.0. The van der Waals surface area contributed by atoms with E-state index in [-0.39, 0.29) is 12.5 Å². The van der Waals surface area contributed by atoms with E-state index in [1.807, 2.05) is 48.5 Å². The summed E-state index contributed by atoms with van der Waals surface area (Å²) < 4.78 is 10.8. The highest BCUT2D eigenvalue weighted by molar-refractivity contribution is 5.94. The van der Waals surface area contributed by atoms with Crippen molar-refractivity contribution < 1.29 is 43.0 Å². The molecule has 15 nitrogen and oxygen atoms in total. The van der Waals surface area contributed by atoms with E-state index in [4.69, 9.17) is 15.2 Å². The van der Waals surface area contributed by atoms with Gasteiger partial charge in [0.25, 0.3) is 0 Å². The zero-order valence-corrected chi connectivity index (χ0v) is 26.6. The molecule has 2 aromatic rings. The van der Waals surface area contributed by atoms with E-state index in [1.54, 1.807) is 20.8 Å². The molecule has 6 amide bonds. The topological polar surface area (TPSA) is 224 Å². The summed E-state index contributed by atoms with van der Waals surface area (Å²) in [6.45, 7) is 4.75. The smallest absolute Gasteiger partial charge is 0.407 e. The molecule has 1 aliphatic carbocycles. The van der Waals surface area contributed by atoms with Crippen molar-refractivity contribution in [3.8, 4) is 11.1 Å². The van der Waals surface area contributed by atoms with Gasteiger partial charge in [0.05, 0.1) is 26.1 Å². The molecule has 0 heterocycles. The lowest BCUT2D eigenvalue weighted by molar-refractivity contribution is -0.156. The van der Waals surface area contributed by atoms with Crippen molar-refractivity contribution >= 4 is 41.6 Å². The third-order valence-corrected chi connectivity index (χ3v) is 6.82. The average molecular weight is 653 g/mol. The molecule has 0 aromatic heterocycles. The predicted octanol–water partition coefficient (Wildman–Crippen LogP) is -0.0359. The quantitative estimate of drug-likeness (QED) is 0.150. The third-order valence-electron chi connectivity index (χ3n) is 6.82. The van der Waals surface area contributed by atoms with Gasteiger partial charge in [0.1, 0.15) is 24.3 Å². The lowest BCUT2D eigenvalue weighted by Gasteiger charge is -2.23. The first kappa shape index (κ1) is 36.0. The molecule has 1 aliphatic rings. The van der Waals surface area contributed by atoms with Crippen molar-refractivity contribution in [2.45, 2.75) is 57.7 Å². The van der Waals surface area contributed by atoms with Crippen LogP contribution in [0.4, 0.5) is 4.79 Å². The number of fused-ring (bicyclic) bond motifs is 3. The molecule has 3 rings (SSSR count). The SMILES string of the molecule is C[C@H](NC(=O)CNC(=O)CNC(=O)C(CC(=O)OC(C)(C)C)NC(=O)OCC1c2ccccc2-c2ccccc21)C(=O)NCC(N)=O. The molecule has 15 heteroatoms. The van der Waals surface area contributed by atoms with Gasteiger partial charge in [-0.1, -0.05) is 48.5 Å². The Balaban J connectivity index is 1.55. The van der Waals surface area contributed by atoms with Crippen LogP contribution < -0.4 is 32.3 Å². The second-order valence-electron chi connectivity index (χ2n) is 11.8. The summed E-state index contributed by atoms with van der Waals surface area (Å²) in [6, 6.07) is 13.1. The molecular formula is C32H40N6O9. The van der Waals surface area contributed by atoms with Crippen LogP contribution in [0.1, 0.15) is 51.2 Å². The van der Waals surface area contributed by atoms with Crippen LogP contribution in [0.3, 0.4) is 0 Å².